The first-order chi connectivity index (χ1) is 6.00. The number of carbonyl (C=O) groups is 3. The minimum atomic E-state index is -1.58. The maximum Gasteiger partial charge on any atom is 0.341 e. The van der Waals surface area contributed by atoms with Crippen molar-refractivity contribution in [1.29, 1.82) is 0 Å². The molecule has 0 aromatic heterocycles. The normalized spacial score (nSPS) is 26.6. The van der Waals surface area contributed by atoms with E-state index in [0.29, 0.717) is 0 Å². The average molecular weight is 186 g/mol. The lowest BCUT2D eigenvalue weighted by atomic mass is 10.0. The Morgan fingerprint density at radius 2 is 2.15 bits per heavy atom. The molecule has 0 aromatic carbocycles. The first kappa shape index (κ1) is 9.50. The van der Waals surface area contributed by atoms with Crippen LogP contribution in [0.2, 0.25) is 0 Å². The van der Waals surface area contributed by atoms with Crippen molar-refractivity contribution in [3.8, 4) is 0 Å². The van der Waals surface area contributed by atoms with Crippen LogP contribution in [-0.4, -0.2) is 30.1 Å². The second-order valence-electron chi connectivity index (χ2n) is 2.75. The second-order valence-corrected chi connectivity index (χ2v) is 2.75. The van der Waals surface area contributed by atoms with Crippen molar-refractivity contribution in [2.45, 2.75) is 19.4 Å². The highest BCUT2D eigenvalue weighted by Crippen LogP contribution is 2.11. The van der Waals surface area contributed by atoms with Crippen molar-refractivity contribution in [3.05, 3.63) is 0 Å². The summed E-state index contributed by atoms with van der Waals surface area (Å²) in [6, 6.07) is -0.680. The lowest BCUT2D eigenvalue weighted by Gasteiger charge is -2.17. The van der Waals surface area contributed by atoms with E-state index in [4.69, 9.17) is 0 Å². The van der Waals surface area contributed by atoms with Gasteiger partial charge in [-0.2, -0.15) is 0 Å². The van der Waals surface area contributed by atoms with E-state index in [9.17, 15) is 14.4 Å². The number of carbonyl (C=O) groups excluding carboxylic acids is 3. The van der Waals surface area contributed by atoms with Gasteiger partial charge in [0.25, 0.3) is 5.91 Å². The third-order valence-corrected chi connectivity index (χ3v) is 1.73. The van der Waals surface area contributed by atoms with E-state index < -0.39 is 23.4 Å². The predicted octanol–water partition coefficient (Wildman–Crippen LogP) is -0.852. The van der Waals surface area contributed by atoms with E-state index in [-0.39, 0.29) is 6.61 Å². The van der Waals surface area contributed by atoms with Gasteiger partial charge in [-0.25, -0.2) is 9.59 Å². The molecule has 2 N–H and O–H groups in total. The van der Waals surface area contributed by atoms with Crippen LogP contribution in [0, 0.1) is 0 Å². The van der Waals surface area contributed by atoms with Gasteiger partial charge in [-0.15, -0.1) is 0 Å². The van der Waals surface area contributed by atoms with Crippen LogP contribution in [0.5, 0.6) is 0 Å². The summed E-state index contributed by atoms with van der Waals surface area (Å²) >= 11 is 0. The van der Waals surface area contributed by atoms with E-state index >= 15 is 0 Å². The standard InChI is InChI=1S/C7H10N2O4/c1-3-13-5(11)7(2)4(10)8-6(12)9-7/h3H2,1-2H3,(H2,8,9,10,12). The maximum atomic E-state index is 11.2. The van der Waals surface area contributed by atoms with Crippen molar-refractivity contribution in [2.75, 3.05) is 6.61 Å². The summed E-state index contributed by atoms with van der Waals surface area (Å²) < 4.78 is 4.63. The molecule has 13 heavy (non-hydrogen) atoms. The molecule has 3 amide bonds. The molecule has 1 fully saturated rings. The molecule has 1 saturated heterocycles. The highest BCUT2D eigenvalue weighted by molar-refractivity contribution is 6.18. The second kappa shape index (κ2) is 3.04. The molecule has 1 aliphatic heterocycles. The fourth-order valence-electron chi connectivity index (χ4n) is 0.962. The fraction of sp³-hybridized carbons (Fsp3) is 0.571. The summed E-state index contributed by atoms with van der Waals surface area (Å²) in [5.41, 5.74) is -1.58. The van der Waals surface area contributed by atoms with E-state index in [1.807, 2.05) is 5.32 Å². The largest absolute Gasteiger partial charge is 0.464 e. The number of urea groups is 1. The number of rotatable bonds is 2. The molecule has 0 bridgehead atoms. The van der Waals surface area contributed by atoms with Crippen LogP contribution in [0.1, 0.15) is 13.8 Å². The molecule has 0 aromatic rings. The smallest absolute Gasteiger partial charge is 0.341 e. The van der Waals surface area contributed by atoms with Gasteiger partial charge in [-0.3, -0.25) is 10.1 Å². The summed E-state index contributed by atoms with van der Waals surface area (Å²) in [7, 11) is 0. The highest BCUT2D eigenvalue weighted by atomic mass is 16.5. The van der Waals surface area contributed by atoms with E-state index in [2.05, 4.69) is 10.1 Å². The molecule has 0 aliphatic carbocycles. The van der Waals surface area contributed by atoms with Gasteiger partial charge in [0.1, 0.15) is 0 Å². The zero-order valence-corrected chi connectivity index (χ0v) is 7.34. The molecule has 0 radical (unpaired) electrons. The van der Waals surface area contributed by atoms with Crippen LogP contribution in [0.15, 0.2) is 0 Å². The number of amides is 3. The van der Waals surface area contributed by atoms with Crippen molar-refractivity contribution in [2.24, 2.45) is 0 Å². The Hall–Kier alpha value is -1.59. The molecular weight excluding hydrogens is 176 g/mol. The Balaban J connectivity index is 2.81. The number of hydrogen-bond acceptors (Lipinski definition) is 4. The Morgan fingerprint density at radius 3 is 2.54 bits per heavy atom. The highest BCUT2D eigenvalue weighted by Gasteiger charge is 2.49. The first-order valence-electron chi connectivity index (χ1n) is 3.81. The minimum Gasteiger partial charge on any atom is -0.464 e. The molecule has 0 spiro atoms. The van der Waals surface area contributed by atoms with Gasteiger partial charge in [-0.1, -0.05) is 0 Å². The Bertz CT molecular complexity index is 276. The summed E-state index contributed by atoms with van der Waals surface area (Å²) in [5, 5.41) is 4.15. The number of ether oxygens (including phenoxy) is 1. The Morgan fingerprint density at radius 1 is 1.54 bits per heavy atom. The SMILES string of the molecule is CCOC(=O)C1(C)NC(=O)NC1=O. The lowest BCUT2D eigenvalue weighted by Crippen LogP contribution is -2.52. The summed E-state index contributed by atoms with van der Waals surface area (Å²) in [4.78, 5) is 33.1. The van der Waals surface area contributed by atoms with Gasteiger partial charge in [0.2, 0.25) is 5.54 Å². The summed E-state index contributed by atoms with van der Waals surface area (Å²) in [5.74, 6) is -1.44. The molecule has 1 heterocycles. The fourth-order valence-corrected chi connectivity index (χ4v) is 0.962. The molecular formula is C7H10N2O4. The molecule has 1 rings (SSSR count). The Kier molecular flexibility index (Phi) is 2.22. The van der Waals surface area contributed by atoms with Crippen LogP contribution < -0.4 is 10.6 Å². The van der Waals surface area contributed by atoms with Crippen molar-refractivity contribution in [3.63, 3.8) is 0 Å². The lowest BCUT2D eigenvalue weighted by molar-refractivity contribution is -0.152. The Labute approximate surface area is 74.6 Å². The molecule has 72 valence electrons. The third-order valence-electron chi connectivity index (χ3n) is 1.73. The monoisotopic (exact) mass is 186 g/mol. The van der Waals surface area contributed by atoms with Crippen molar-refractivity contribution < 1.29 is 19.1 Å². The molecule has 0 saturated carbocycles. The molecule has 6 heteroatoms. The zero-order chi connectivity index (χ0) is 10.1. The number of imide groups is 1. The first-order valence-corrected chi connectivity index (χ1v) is 3.81. The topological polar surface area (TPSA) is 84.5 Å². The molecule has 6 nitrogen and oxygen atoms in total. The van der Waals surface area contributed by atoms with Crippen molar-refractivity contribution in [1.82, 2.24) is 10.6 Å². The van der Waals surface area contributed by atoms with Gasteiger partial charge in [0.15, 0.2) is 0 Å². The van der Waals surface area contributed by atoms with Crippen LogP contribution in [0.25, 0.3) is 0 Å². The van der Waals surface area contributed by atoms with Crippen LogP contribution in [0.3, 0.4) is 0 Å². The van der Waals surface area contributed by atoms with E-state index in [1.54, 1.807) is 6.92 Å². The van der Waals surface area contributed by atoms with E-state index in [1.165, 1.54) is 6.92 Å². The van der Waals surface area contributed by atoms with Crippen LogP contribution in [0.4, 0.5) is 4.79 Å². The average Bonchev–Trinajstić information content (AvgIpc) is 2.28. The van der Waals surface area contributed by atoms with Gasteiger partial charge in [0.05, 0.1) is 6.61 Å². The molecule has 1 unspecified atom stereocenters. The summed E-state index contributed by atoms with van der Waals surface area (Å²) in [6.45, 7) is 3.08. The number of esters is 1. The van der Waals surface area contributed by atoms with Gasteiger partial charge >= 0.3 is 12.0 Å². The summed E-state index contributed by atoms with van der Waals surface area (Å²) in [6.07, 6.45) is 0. The quantitative estimate of drug-likeness (QED) is 0.334. The zero-order valence-electron chi connectivity index (χ0n) is 7.34. The van der Waals surface area contributed by atoms with Crippen LogP contribution >= 0.6 is 0 Å². The van der Waals surface area contributed by atoms with Gasteiger partial charge in [-0.05, 0) is 13.8 Å². The van der Waals surface area contributed by atoms with Gasteiger partial charge < -0.3 is 10.1 Å². The number of nitrogens with one attached hydrogen (secondary N) is 2. The number of hydrogen-bond donors (Lipinski definition) is 2. The van der Waals surface area contributed by atoms with E-state index in [0.717, 1.165) is 0 Å². The van der Waals surface area contributed by atoms with Crippen LogP contribution in [-0.2, 0) is 14.3 Å². The molecule has 1 aliphatic rings. The van der Waals surface area contributed by atoms with Gasteiger partial charge in [0, 0.05) is 0 Å². The maximum absolute atomic E-state index is 11.2. The van der Waals surface area contributed by atoms with Crippen molar-refractivity contribution >= 4 is 17.9 Å². The third kappa shape index (κ3) is 1.47. The minimum absolute atomic E-state index is 0.164. The molecule has 1 atom stereocenters. The predicted molar refractivity (Wildman–Crippen MR) is 41.7 cm³/mol.